The van der Waals surface area contributed by atoms with Gasteiger partial charge in [0.25, 0.3) is 12.3 Å². The van der Waals surface area contributed by atoms with E-state index >= 15 is 0 Å². The Morgan fingerprint density at radius 1 is 1.28 bits per heavy atom. The summed E-state index contributed by atoms with van der Waals surface area (Å²) in [6, 6.07) is 3.13. The first-order chi connectivity index (χ1) is 12.2. The number of halogens is 2. The quantitative estimate of drug-likeness (QED) is 0.809. The molecule has 0 bridgehead atoms. The van der Waals surface area contributed by atoms with Crippen molar-refractivity contribution in [3.8, 4) is 5.69 Å². The van der Waals surface area contributed by atoms with Gasteiger partial charge in [-0.3, -0.25) is 9.78 Å². The average molecular weight is 346 g/mol. The van der Waals surface area contributed by atoms with Gasteiger partial charge in [0.05, 0.1) is 17.4 Å². The number of hydrogen-bond donors (Lipinski definition) is 1. The number of amides is 1. The van der Waals surface area contributed by atoms with Gasteiger partial charge in [0.15, 0.2) is 0 Å². The van der Waals surface area contributed by atoms with Crippen LogP contribution in [0.4, 0.5) is 8.78 Å². The third-order valence-corrected chi connectivity index (χ3v) is 4.28. The molecule has 0 radical (unpaired) electrons. The van der Waals surface area contributed by atoms with E-state index < -0.39 is 18.0 Å². The van der Waals surface area contributed by atoms with Crippen LogP contribution in [0.15, 0.2) is 42.4 Å². The first kappa shape index (κ1) is 17.3. The normalized spacial score (nSPS) is 14.4. The Kier molecular flexibility index (Phi) is 5.53. The first-order valence-corrected chi connectivity index (χ1v) is 8.39. The highest BCUT2D eigenvalue weighted by Crippen LogP contribution is 2.25. The van der Waals surface area contributed by atoms with Crippen LogP contribution in [0.3, 0.4) is 0 Å². The minimum Gasteiger partial charge on any atom is -0.352 e. The highest BCUT2D eigenvalue weighted by Gasteiger charge is 2.25. The SMILES string of the molecule is O=C(NCCC1=CCCCC1)c1cnn(-c2ccncc2)c1C(F)F. The van der Waals surface area contributed by atoms with Crippen LogP contribution in [-0.4, -0.2) is 27.2 Å². The summed E-state index contributed by atoms with van der Waals surface area (Å²) in [6.45, 7) is 0.438. The van der Waals surface area contributed by atoms with E-state index in [9.17, 15) is 13.6 Å². The molecule has 0 fully saturated rings. The summed E-state index contributed by atoms with van der Waals surface area (Å²) >= 11 is 0. The molecule has 0 aromatic carbocycles. The van der Waals surface area contributed by atoms with E-state index in [4.69, 9.17) is 0 Å². The summed E-state index contributed by atoms with van der Waals surface area (Å²) in [5, 5.41) is 6.69. The largest absolute Gasteiger partial charge is 0.352 e. The minimum atomic E-state index is -2.81. The van der Waals surface area contributed by atoms with Crippen molar-refractivity contribution in [2.45, 2.75) is 38.5 Å². The Bertz CT molecular complexity index is 756. The molecule has 3 rings (SSSR count). The Labute approximate surface area is 144 Å². The Morgan fingerprint density at radius 3 is 2.76 bits per heavy atom. The predicted octanol–water partition coefficient (Wildman–Crippen LogP) is 3.83. The van der Waals surface area contributed by atoms with Crippen LogP contribution in [0, 0.1) is 0 Å². The number of carbonyl (C=O) groups excluding carboxylic acids is 1. The number of carbonyl (C=O) groups is 1. The van der Waals surface area contributed by atoms with Crippen molar-refractivity contribution < 1.29 is 13.6 Å². The summed E-state index contributed by atoms with van der Waals surface area (Å²) in [5.74, 6) is -0.521. The van der Waals surface area contributed by atoms with Gasteiger partial charge in [0.1, 0.15) is 5.69 Å². The van der Waals surface area contributed by atoms with Crippen LogP contribution >= 0.6 is 0 Å². The van der Waals surface area contributed by atoms with Crippen LogP contribution < -0.4 is 5.32 Å². The van der Waals surface area contributed by atoms with Gasteiger partial charge in [0, 0.05) is 18.9 Å². The second kappa shape index (κ2) is 8.00. The highest BCUT2D eigenvalue weighted by molar-refractivity contribution is 5.95. The van der Waals surface area contributed by atoms with Gasteiger partial charge in [-0.2, -0.15) is 5.10 Å². The molecule has 0 unspecified atom stereocenters. The summed E-state index contributed by atoms with van der Waals surface area (Å²) in [6.07, 6.45) is 8.85. The second-order valence-corrected chi connectivity index (χ2v) is 5.98. The van der Waals surface area contributed by atoms with Gasteiger partial charge in [0.2, 0.25) is 0 Å². The molecule has 2 aromatic rings. The number of alkyl halides is 2. The summed E-state index contributed by atoms with van der Waals surface area (Å²) in [5.41, 5.74) is 1.27. The van der Waals surface area contributed by atoms with E-state index in [-0.39, 0.29) is 5.56 Å². The molecular weight excluding hydrogens is 326 g/mol. The van der Waals surface area contributed by atoms with E-state index in [2.05, 4.69) is 21.5 Å². The van der Waals surface area contributed by atoms with Crippen LogP contribution in [0.25, 0.3) is 5.69 Å². The molecule has 5 nitrogen and oxygen atoms in total. The number of rotatable bonds is 6. The minimum absolute atomic E-state index is 0.0931. The summed E-state index contributed by atoms with van der Waals surface area (Å²) < 4.78 is 28.1. The zero-order chi connectivity index (χ0) is 17.6. The Hall–Kier alpha value is -2.57. The Morgan fingerprint density at radius 2 is 2.08 bits per heavy atom. The molecule has 0 saturated heterocycles. The second-order valence-electron chi connectivity index (χ2n) is 5.98. The maximum Gasteiger partial charge on any atom is 0.281 e. The van der Waals surface area contributed by atoms with E-state index in [1.54, 1.807) is 12.1 Å². The maximum absolute atomic E-state index is 13.5. The van der Waals surface area contributed by atoms with Crippen molar-refractivity contribution in [1.29, 1.82) is 0 Å². The smallest absolute Gasteiger partial charge is 0.281 e. The number of pyridine rings is 1. The summed E-state index contributed by atoms with van der Waals surface area (Å²) in [4.78, 5) is 16.2. The standard InChI is InChI=1S/C18H20F2N4O/c19-17(20)16-15(12-23-24(16)14-7-9-21-10-8-14)18(25)22-11-6-13-4-2-1-3-5-13/h4,7-10,12,17H,1-3,5-6,11H2,(H,22,25). The lowest BCUT2D eigenvalue weighted by Crippen LogP contribution is -2.26. The van der Waals surface area contributed by atoms with E-state index in [1.807, 2.05) is 0 Å². The number of allylic oxidation sites excluding steroid dienone is 1. The lowest BCUT2D eigenvalue weighted by molar-refractivity contribution is 0.0938. The van der Waals surface area contributed by atoms with Gasteiger partial charge in [-0.25, -0.2) is 13.5 Å². The van der Waals surface area contributed by atoms with Crippen LogP contribution in [-0.2, 0) is 0 Å². The Balaban J connectivity index is 1.72. The van der Waals surface area contributed by atoms with Gasteiger partial charge < -0.3 is 5.32 Å². The monoisotopic (exact) mass is 346 g/mol. The zero-order valence-corrected chi connectivity index (χ0v) is 13.8. The molecular formula is C18H20F2N4O. The molecule has 132 valence electrons. The number of nitrogens with one attached hydrogen (secondary N) is 1. The average Bonchev–Trinajstić information content (AvgIpc) is 3.09. The van der Waals surface area contributed by atoms with Crippen LogP contribution in [0.1, 0.15) is 54.6 Å². The number of nitrogens with zero attached hydrogens (tertiary/aromatic N) is 3. The van der Waals surface area contributed by atoms with Crippen molar-refractivity contribution in [2.75, 3.05) is 6.54 Å². The van der Waals surface area contributed by atoms with Gasteiger partial charge in [-0.15, -0.1) is 0 Å². The fraction of sp³-hybridized carbons (Fsp3) is 0.389. The van der Waals surface area contributed by atoms with E-state index in [0.29, 0.717) is 12.2 Å². The molecule has 0 aliphatic heterocycles. The highest BCUT2D eigenvalue weighted by atomic mass is 19.3. The van der Waals surface area contributed by atoms with Gasteiger partial charge in [-0.1, -0.05) is 11.6 Å². The fourth-order valence-corrected chi connectivity index (χ4v) is 3.00. The van der Waals surface area contributed by atoms with Crippen molar-refractivity contribution in [2.24, 2.45) is 0 Å². The van der Waals surface area contributed by atoms with Crippen molar-refractivity contribution in [1.82, 2.24) is 20.1 Å². The van der Waals surface area contributed by atoms with Crippen LogP contribution in [0.2, 0.25) is 0 Å². The number of hydrogen-bond acceptors (Lipinski definition) is 3. The fourth-order valence-electron chi connectivity index (χ4n) is 3.00. The molecule has 1 aliphatic rings. The van der Waals surface area contributed by atoms with Crippen molar-refractivity contribution in [3.05, 3.63) is 53.6 Å². The molecule has 0 atom stereocenters. The topological polar surface area (TPSA) is 59.8 Å². The third kappa shape index (κ3) is 4.10. The van der Waals surface area contributed by atoms with Crippen LogP contribution in [0.5, 0.6) is 0 Å². The molecule has 2 aromatic heterocycles. The predicted molar refractivity (Wildman–Crippen MR) is 89.8 cm³/mol. The first-order valence-electron chi connectivity index (χ1n) is 8.39. The van der Waals surface area contributed by atoms with E-state index in [1.165, 1.54) is 37.0 Å². The molecule has 1 aliphatic carbocycles. The maximum atomic E-state index is 13.5. The van der Waals surface area contributed by atoms with Gasteiger partial charge in [-0.05, 0) is 44.2 Å². The lowest BCUT2D eigenvalue weighted by atomic mass is 9.97. The third-order valence-electron chi connectivity index (χ3n) is 4.28. The lowest BCUT2D eigenvalue weighted by Gasteiger charge is -2.13. The molecule has 2 heterocycles. The zero-order valence-electron chi connectivity index (χ0n) is 13.8. The number of aromatic nitrogens is 3. The molecule has 25 heavy (non-hydrogen) atoms. The van der Waals surface area contributed by atoms with E-state index in [0.717, 1.165) is 23.9 Å². The molecule has 7 heteroatoms. The van der Waals surface area contributed by atoms with Gasteiger partial charge >= 0.3 is 0 Å². The molecule has 1 amide bonds. The molecule has 0 saturated carbocycles. The van der Waals surface area contributed by atoms with Crippen molar-refractivity contribution in [3.63, 3.8) is 0 Å². The molecule has 0 spiro atoms. The van der Waals surface area contributed by atoms with Crippen molar-refractivity contribution >= 4 is 5.91 Å². The molecule has 1 N–H and O–H groups in total. The summed E-state index contributed by atoms with van der Waals surface area (Å²) in [7, 11) is 0.